The van der Waals surface area contributed by atoms with Crippen molar-refractivity contribution in [3.63, 3.8) is 0 Å². The molecule has 4 rings (SSSR count). The average molecular weight is 412 g/mol. The van der Waals surface area contributed by atoms with Gasteiger partial charge in [-0.15, -0.1) is 0 Å². The molecule has 0 amide bonds. The molecule has 0 spiro atoms. The van der Waals surface area contributed by atoms with E-state index in [1.54, 1.807) is 5.57 Å². The maximum Gasteiger partial charge on any atom is 0.144 e. The minimum absolute atomic E-state index is 0.393. The quantitative estimate of drug-likeness (QED) is 0.671. The Morgan fingerprint density at radius 2 is 1.80 bits per heavy atom. The maximum absolute atomic E-state index is 6.09. The molecule has 0 radical (unpaired) electrons. The SMILES string of the molecule is CCCN1CCN(c2cc3c(cc2C2=CCC(C(C)(C)C)CC2)N(C)CCO3)CC1. The van der Waals surface area contributed by atoms with Crippen LogP contribution in [0.3, 0.4) is 0 Å². The highest BCUT2D eigenvalue weighted by Gasteiger charge is 2.29. The number of piperazine rings is 1. The van der Waals surface area contributed by atoms with E-state index in [2.05, 4.69) is 67.7 Å². The Morgan fingerprint density at radius 3 is 2.43 bits per heavy atom. The van der Waals surface area contributed by atoms with Gasteiger partial charge in [0.25, 0.3) is 0 Å². The van der Waals surface area contributed by atoms with Crippen LogP contribution >= 0.6 is 0 Å². The molecule has 0 N–H and O–H groups in total. The zero-order valence-electron chi connectivity index (χ0n) is 19.8. The molecule has 0 bridgehead atoms. The number of ether oxygens (including phenoxy) is 1. The van der Waals surface area contributed by atoms with E-state index < -0.39 is 0 Å². The number of hydrogen-bond donors (Lipinski definition) is 0. The molecule has 1 fully saturated rings. The van der Waals surface area contributed by atoms with E-state index in [1.807, 2.05) is 0 Å². The summed E-state index contributed by atoms with van der Waals surface area (Å²) in [6.07, 6.45) is 7.47. The van der Waals surface area contributed by atoms with E-state index >= 15 is 0 Å². The van der Waals surface area contributed by atoms with Crippen LogP contribution in [0.1, 0.15) is 58.9 Å². The van der Waals surface area contributed by atoms with Crippen LogP contribution in [0.5, 0.6) is 5.75 Å². The summed E-state index contributed by atoms with van der Waals surface area (Å²) < 4.78 is 6.09. The first-order valence-electron chi connectivity index (χ1n) is 12.1. The molecule has 2 heterocycles. The fourth-order valence-corrected chi connectivity index (χ4v) is 5.30. The lowest BCUT2D eigenvalue weighted by Gasteiger charge is -2.39. The zero-order valence-corrected chi connectivity index (χ0v) is 19.8. The zero-order chi connectivity index (χ0) is 21.3. The second-order valence-electron chi connectivity index (χ2n) is 10.5. The largest absolute Gasteiger partial charge is 0.489 e. The van der Waals surface area contributed by atoms with Crippen molar-refractivity contribution in [1.82, 2.24) is 4.90 Å². The number of benzene rings is 1. The third kappa shape index (κ3) is 4.49. The van der Waals surface area contributed by atoms with Crippen LogP contribution in [-0.4, -0.2) is 57.8 Å². The van der Waals surface area contributed by atoms with Crippen LogP contribution in [-0.2, 0) is 0 Å². The number of rotatable bonds is 4. The van der Waals surface area contributed by atoms with Crippen LogP contribution < -0.4 is 14.5 Å². The van der Waals surface area contributed by atoms with Crippen molar-refractivity contribution >= 4 is 16.9 Å². The molecular weight excluding hydrogens is 370 g/mol. The Bertz CT molecular complexity index is 771. The van der Waals surface area contributed by atoms with Crippen molar-refractivity contribution < 1.29 is 4.74 Å². The summed E-state index contributed by atoms with van der Waals surface area (Å²) in [5, 5.41) is 0. The smallest absolute Gasteiger partial charge is 0.144 e. The van der Waals surface area contributed by atoms with Crippen molar-refractivity contribution in [3.05, 3.63) is 23.8 Å². The second-order valence-corrected chi connectivity index (χ2v) is 10.5. The summed E-state index contributed by atoms with van der Waals surface area (Å²) in [6.45, 7) is 17.0. The monoisotopic (exact) mass is 411 g/mol. The van der Waals surface area contributed by atoms with E-state index in [0.29, 0.717) is 5.41 Å². The molecule has 30 heavy (non-hydrogen) atoms. The Labute approximate surface area is 183 Å². The van der Waals surface area contributed by atoms with Gasteiger partial charge in [-0.05, 0) is 55.2 Å². The Hall–Kier alpha value is -1.68. The molecule has 0 saturated carbocycles. The summed E-state index contributed by atoms with van der Waals surface area (Å²) in [7, 11) is 2.19. The number of nitrogens with zero attached hydrogens (tertiary/aromatic N) is 3. The van der Waals surface area contributed by atoms with E-state index in [1.165, 1.54) is 49.2 Å². The first kappa shape index (κ1) is 21.5. The van der Waals surface area contributed by atoms with Crippen LogP contribution in [0, 0.1) is 11.3 Å². The van der Waals surface area contributed by atoms with Crippen molar-refractivity contribution in [2.75, 3.05) is 62.7 Å². The lowest BCUT2D eigenvalue weighted by atomic mass is 9.72. The predicted molar refractivity (Wildman–Crippen MR) is 129 cm³/mol. The minimum Gasteiger partial charge on any atom is -0.489 e. The van der Waals surface area contributed by atoms with Gasteiger partial charge in [-0.1, -0.05) is 33.8 Å². The highest BCUT2D eigenvalue weighted by molar-refractivity contribution is 5.83. The lowest BCUT2D eigenvalue weighted by molar-refractivity contribution is 0.225. The van der Waals surface area contributed by atoms with Crippen molar-refractivity contribution in [3.8, 4) is 5.75 Å². The highest BCUT2D eigenvalue weighted by atomic mass is 16.5. The number of likely N-dealkylation sites (N-methyl/N-ethyl adjacent to an activating group) is 1. The summed E-state index contributed by atoms with van der Waals surface area (Å²) >= 11 is 0. The first-order chi connectivity index (χ1) is 14.4. The molecule has 3 aliphatic rings. The molecule has 166 valence electrons. The van der Waals surface area contributed by atoms with E-state index in [9.17, 15) is 0 Å². The lowest BCUT2D eigenvalue weighted by Crippen LogP contribution is -2.46. The third-order valence-corrected chi connectivity index (χ3v) is 7.41. The van der Waals surface area contributed by atoms with Crippen molar-refractivity contribution in [1.29, 1.82) is 0 Å². The highest BCUT2D eigenvalue weighted by Crippen LogP contribution is 2.45. The van der Waals surface area contributed by atoms with Gasteiger partial charge in [0.05, 0.1) is 12.2 Å². The molecule has 2 aliphatic heterocycles. The standard InChI is InChI=1S/C26H41N3O/c1-6-11-28-12-14-29(15-13-28)23-19-25-24(27(5)16-17-30-25)18-22(23)20-7-9-21(10-8-20)26(2,3)4/h7,18-19,21H,6,8-17H2,1-5H3. The molecule has 1 aromatic carbocycles. The molecule has 1 aromatic rings. The number of hydrogen-bond acceptors (Lipinski definition) is 4. The fourth-order valence-electron chi connectivity index (χ4n) is 5.30. The van der Waals surface area contributed by atoms with Gasteiger partial charge in [0.15, 0.2) is 0 Å². The number of allylic oxidation sites excluding steroid dienone is 2. The fraction of sp³-hybridized carbons (Fsp3) is 0.692. The van der Waals surface area contributed by atoms with Crippen LogP contribution in [0.2, 0.25) is 0 Å². The van der Waals surface area contributed by atoms with Crippen LogP contribution in [0.15, 0.2) is 18.2 Å². The Balaban J connectivity index is 1.65. The summed E-state index contributed by atoms with van der Waals surface area (Å²) in [5.74, 6) is 1.84. The van der Waals surface area contributed by atoms with Gasteiger partial charge >= 0.3 is 0 Å². The topological polar surface area (TPSA) is 19.0 Å². The van der Waals surface area contributed by atoms with Crippen molar-refractivity contribution in [2.45, 2.75) is 53.4 Å². The van der Waals surface area contributed by atoms with Gasteiger partial charge in [0, 0.05) is 50.5 Å². The van der Waals surface area contributed by atoms with Gasteiger partial charge in [0.2, 0.25) is 0 Å². The normalized spacial score (nSPS) is 23.1. The summed E-state index contributed by atoms with van der Waals surface area (Å²) in [4.78, 5) is 7.57. The van der Waals surface area contributed by atoms with Gasteiger partial charge < -0.3 is 14.5 Å². The van der Waals surface area contributed by atoms with Gasteiger partial charge in [-0.25, -0.2) is 0 Å². The third-order valence-electron chi connectivity index (χ3n) is 7.41. The van der Waals surface area contributed by atoms with Crippen LogP contribution in [0.25, 0.3) is 5.57 Å². The molecule has 4 heteroatoms. The molecule has 1 aliphatic carbocycles. The van der Waals surface area contributed by atoms with E-state index in [-0.39, 0.29) is 0 Å². The molecule has 4 nitrogen and oxygen atoms in total. The maximum atomic E-state index is 6.09. The summed E-state index contributed by atoms with van der Waals surface area (Å²) in [5.41, 5.74) is 6.03. The van der Waals surface area contributed by atoms with Crippen molar-refractivity contribution in [2.24, 2.45) is 11.3 Å². The molecule has 0 aromatic heterocycles. The predicted octanol–water partition coefficient (Wildman–Crippen LogP) is 5.28. The van der Waals surface area contributed by atoms with Gasteiger partial charge in [-0.3, -0.25) is 4.90 Å². The van der Waals surface area contributed by atoms with E-state index in [4.69, 9.17) is 4.74 Å². The first-order valence-corrected chi connectivity index (χ1v) is 12.1. The Morgan fingerprint density at radius 1 is 1.03 bits per heavy atom. The second kappa shape index (κ2) is 8.82. The minimum atomic E-state index is 0.393. The molecule has 1 atom stereocenters. The number of fused-ring (bicyclic) bond motifs is 1. The van der Waals surface area contributed by atoms with Gasteiger partial charge in [0.1, 0.15) is 12.4 Å². The molecule has 1 saturated heterocycles. The molecular formula is C26H41N3O. The summed E-state index contributed by atoms with van der Waals surface area (Å²) in [6, 6.07) is 4.76. The van der Waals surface area contributed by atoms with Gasteiger partial charge in [-0.2, -0.15) is 0 Å². The van der Waals surface area contributed by atoms with Crippen LogP contribution in [0.4, 0.5) is 11.4 Å². The average Bonchev–Trinajstić information content (AvgIpc) is 2.74. The number of anilines is 2. The molecule has 1 unspecified atom stereocenters. The Kier molecular flexibility index (Phi) is 6.34. The van der Waals surface area contributed by atoms with E-state index in [0.717, 1.165) is 51.0 Å².